The van der Waals surface area contributed by atoms with Crippen molar-refractivity contribution >= 4 is 6.09 Å². The average molecular weight is 273 g/mol. The normalized spacial score (nSPS) is 34.0. The molecule has 0 aromatic carbocycles. The summed E-state index contributed by atoms with van der Waals surface area (Å²) in [7, 11) is 0. The fourth-order valence-electron chi connectivity index (χ4n) is 2.43. The van der Waals surface area contributed by atoms with Crippen molar-refractivity contribution in [3.8, 4) is 0 Å². The number of likely N-dealkylation sites (tertiary alicyclic amines) is 1. The first-order valence-electron chi connectivity index (χ1n) is 6.59. The van der Waals surface area contributed by atoms with Crippen LogP contribution in [-0.2, 0) is 14.2 Å². The largest absolute Gasteiger partial charge is 0.444 e. The van der Waals surface area contributed by atoms with Crippen LogP contribution >= 0.6 is 0 Å². The number of ether oxygens (including phenoxy) is 3. The summed E-state index contributed by atoms with van der Waals surface area (Å²) in [5, 5.41) is 10.1. The van der Waals surface area contributed by atoms with Gasteiger partial charge in [-0.2, -0.15) is 0 Å². The summed E-state index contributed by atoms with van der Waals surface area (Å²) >= 11 is 0. The summed E-state index contributed by atoms with van der Waals surface area (Å²) in [5.41, 5.74) is -0.550. The van der Waals surface area contributed by atoms with Crippen LogP contribution in [0.2, 0.25) is 0 Å². The number of piperidine rings is 1. The molecule has 2 aliphatic rings. The van der Waals surface area contributed by atoms with Crippen LogP contribution in [0.4, 0.5) is 4.79 Å². The van der Waals surface area contributed by atoms with Gasteiger partial charge in [-0.25, -0.2) is 4.79 Å². The van der Waals surface area contributed by atoms with Gasteiger partial charge in [0.15, 0.2) is 5.79 Å². The van der Waals surface area contributed by atoms with E-state index in [1.807, 2.05) is 20.8 Å². The number of aliphatic hydroxyl groups is 1. The predicted molar refractivity (Wildman–Crippen MR) is 67.6 cm³/mol. The van der Waals surface area contributed by atoms with Gasteiger partial charge in [-0.3, -0.25) is 0 Å². The molecule has 2 fully saturated rings. The van der Waals surface area contributed by atoms with Crippen molar-refractivity contribution in [2.75, 3.05) is 13.1 Å². The van der Waals surface area contributed by atoms with Gasteiger partial charge in [-0.05, 0) is 34.6 Å². The zero-order chi connectivity index (χ0) is 14.4. The molecule has 1 N–H and O–H groups in total. The van der Waals surface area contributed by atoms with E-state index in [-0.39, 0.29) is 18.8 Å². The number of carbonyl (C=O) groups is 1. The molecule has 3 atom stereocenters. The minimum Gasteiger partial charge on any atom is -0.444 e. The van der Waals surface area contributed by atoms with E-state index in [0.717, 1.165) is 0 Å². The van der Waals surface area contributed by atoms with Crippen molar-refractivity contribution in [3.63, 3.8) is 0 Å². The highest BCUT2D eigenvalue weighted by atomic mass is 16.8. The molecule has 2 saturated heterocycles. The molecule has 2 aliphatic heterocycles. The highest BCUT2D eigenvalue weighted by Crippen LogP contribution is 2.33. The second kappa shape index (κ2) is 4.61. The van der Waals surface area contributed by atoms with E-state index < -0.39 is 23.6 Å². The number of nitrogens with zero attached hydrogens (tertiary/aromatic N) is 1. The molecule has 6 heteroatoms. The van der Waals surface area contributed by atoms with E-state index in [4.69, 9.17) is 14.2 Å². The average Bonchev–Trinajstić information content (AvgIpc) is 2.50. The van der Waals surface area contributed by atoms with E-state index in [1.165, 1.54) is 4.90 Å². The topological polar surface area (TPSA) is 68.2 Å². The second-order valence-corrected chi connectivity index (χ2v) is 6.59. The van der Waals surface area contributed by atoms with Gasteiger partial charge in [-0.1, -0.05) is 0 Å². The number of hydrogen-bond donors (Lipinski definition) is 1. The Bertz CT molecular complexity index is 363. The molecule has 0 aromatic rings. The molecule has 2 rings (SSSR count). The Labute approximate surface area is 113 Å². The summed E-state index contributed by atoms with van der Waals surface area (Å²) in [6, 6.07) is 0. The van der Waals surface area contributed by atoms with Crippen LogP contribution in [0.25, 0.3) is 0 Å². The van der Waals surface area contributed by atoms with Crippen LogP contribution < -0.4 is 0 Å². The van der Waals surface area contributed by atoms with Gasteiger partial charge >= 0.3 is 6.09 Å². The molecule has 19 heavy (non-hydrogen) atoms. The predicted octanol–water partition coefficient (Wildman–Crippen LogP) is 1.12. The molecule has 6 nitrogen and oxygen atoms in total. The number of carbonyl (C=O) groups excluding carboxylic acids is 1. The quantitative estimate of drug-likeness (QED) is 0.716. The summed E-state index contributed by atoms with van der Waals surface area (Å²) in [5.74, 6) is -0.722. The molecule has 0 radical (unpaired) electrons. The third kappa shape index (κ3) is 3.38. The summed E-state index contributed by atoms with van der Waals surface area (Å²) in [4.78, 5) is 13.5. The van der Waals surface area contributed by atoms with Gasteiger partial charge in [0, 0.05) is 0 Å². The van der Waals surface area contributed by atoms with Gasteiger partial charge in [0.2, 0.25) is 0 Å². The van der Waals surface area contributed by atoms with Crippen molar-refractivity contribution in [1.29, 1.82) is 0 Å². The van der Waals surface area contributed by atoms with Crippen LogP contribution in [-0.4, -0.2) is 58.9 Å². The number of β-amino-alcohol motifs (C(OH)–C–C–N with tert-alkyl or cyclic N) is 1. The lowest BCUT2D eigenvalue weighted by Gasteiger charge is -2.37. The molecule has 110 valence electrons. The zero-order valence-electron chi connectivity index (χ0n) is 12.2. The molecule has 2 heterocycles. The summed E-state index contributed by atoms with van der Waals surface area (Å²) in [6.45, 7) is 9.62. The van der Waals surface area contributed by atoms with Crippen LogP contribution in [0.15, 0.2) is 0 Å². The van der Waals surface area contributed by atoms with Crippen molar-refractivity contribution in [1.82, 2.24) is 4.90 Å². The molecular formula is C13H23NO5. The Balaban J connectivity index is 2.02. The minimum atomic E-state index is -0.756. The number of aliphatic hydroxyl groups excluding tert-OH is 1. The molecule has 0 bridgehead atoms. The number of amides is 1. The van der Waals surface area contributed by atoms with Gasteiger partial charge in [-0.15, -0.1) is 0 Å². The van der Waals surface area contributed by atoms with Gasteiger partial charge in [0.25, 0.3) is 0 Å². The summed E-state index contributed by atoms with van der Waals surface area (Å²) in [6.07, 6.45) is -1.88. The van der Waals surface area contributed by atoms with E-state index in [0.29, 0.717) is 6.54 Å². The van der Waals surface area contributed by atoms with Crippen molar-refractivity contribution in [3.05, 3.63) is 0 Å². The van der Waals surface area contributed by atoms with Gasteiger partial charge in [0.1, 0.15) is 23.9 Å². The van der Waals surface area contributed by atoms with Crippen LogP contribution in [0.1, 0.15) is 34.6 Å². The lowest BCUT2D eigenvalue weighted by atomic mass is 10.0. The number of rotatable bonds is 0. The molecular weight excluding hydrogens is 250 g/mol. The molecule has 0 aliphatic carbocycles. The molecule has 0 unspecified atom stereocenters. The molecule has 0 spiro atoms. The fourth-order valence-corrected chi connectivity index (χ4v) is 2.43. The van der Waals surface area contributed by atoms with E-state index >= 15 is 0 Å². The monoisotopic (exact) mass is 273 g/mol. The third-order valence-electron chi connectivity index (χ3n) is 3.06. The minimum absolute atomic E-state index is 0.204. The molecule has 0 aromatic heterocycles. The Kier molecular flexibility index (Phi) is 3.53. The lowest BCUT2D eigenvalue weighted by molar-refractivity contribution is -0.152. The van der Waals surface area contributed by atoms with E-state index in [1.54, 1.807) is 13.8 Å². The third-order valence-corrected chi connectivity index (χ3v) is 3.06. The maximum absolute atomic E-state index is 12.0. The SMILES string of the molecule is CC(C)(C)OC(=O)N1C[C@H](O)[C@@H]2OC(C)(C)O[C@@H]2C1. The smallest absolute Gasteiger partial charge is 0.410 e. The van der Waals surface area contributed by atoms with Crippen molar-refractivity contribution < 1.29 is 24.1 Å². The number of hydrogen-bond acceptors (Lipinski definition) is 5. The van der Waals surface area contributed by atoms with Gasteiger partial charge in [0.05, 0.1) is 13.1 Å². The Morgan fingerprint density at radius 1 is 1.32 bits per heavy atom. The second-order valence-electron chi connectivity index (χ2n) is 6.59. The van der Waals surface area contributed by atoms with E-state index in [9.17, 15) is 9.90 Å². The first-order valence-corrected chi connectivity index (χ1v) is 6.59. The molecule has 1 amide bonds. The lowest BCUT2D eigenvalue weighted by Crippen LogP contribution is -2.56. The fraction of sp³-hybridized carbons (Fsp3) is 0.923. The Hall–Kier alpha value is -0.850. The standard InChI is InChI=1S/C13H23NO5/c1-12(2,3)19-11(16)14-6-8(15)10-9(7-14)17-13(4,5)18-10/h8-10,15H,6-7H2,1-5H3/t8-,9+,10-/m0/s1. The van der Waals surface area contributed by atoms with Crippen LogP contribution in [0.5, 0.6) is 0 Å². The van der Waals surface area contributed by atoms with Crippen LogP contribution in [0.3, 0.4) is 0 Å². The highest BCUT2D eigenvalue weighted by Gasteiger charge is 2.49. The first-order chi connectivity index (χ1) is 8.57. The Morgan fingerprint density at radius 2 is 1.95 bits per heavy atom. The van der Waals surface area contributed by atoms with Gasteiger partial charge < -0.3 is 24.2 Å². The Morgan fingerprint density at radius 3 is 2.53 bits per heavy atom. The van der Waals surface area contributed by atoms with E-state index in [2.05, 4.69) is 0 Å². The maximum Gasteiger partial charge on any atom is 0.410 e. The molecule has 0 saturated carbocycles. The zero-order valence-corrected chi connectivity index (χ0v) is 12.2. The van der Waals surface area contributed by atoms with Crippen LogP contribution in [0, 0.1) is 0 Å². The van der Waals surface area contributed by atoms with Crippen molar-refractivity contribution in [2.45, 2.75) is 64.3 Å². The van der Waals surface area contributed by atoms with Crippen molar-refractivity contribution in [2.24, 2.45) is 0 Å². The maximum atomic E-state index is 12.0. The first kappa shape index (κ1) is 14.6. The number of fused-ring (bicyclic) bond motifs is 1. The highest BCUT2D eigenvalue weighted by molar-refractivity contribution is 5.68. The summed E-state index contributed by atoms with van der Waals surface area (Å²) < 4.78 is 16.7.